The summed E-state index contributed by atoms with van der Waals surface area (Å²) in [4.78, 5) is 13.4. The molecular formula is C79H74N4. The third-order valence-electron chi connectivity index (χ3n) is 18.4. The highest BCUT2D eigenvalue weighted by Gasteiger charge is 2.39. The van der Waals surface area contributed by atoms with Crippen molar-refractivity contribution in [2.24, 2.45) is 0 Å². The average Bonchev–Trinajstić information content (AvgIpc) is 3.65. The van der Waals surface area contributed by atoms with Crippen molar-refractivity contribution in [1.82, 2.24) is 9.97 Å². The van der Waals surface area contributed by atoms with Gasteiger partial charge >= 0.3 is 0 Å². The Morgan fingerprint density at radius 2 is 0.506 bits per heavy atom. The monoisotopic (exact) mass is 1080 g/mol. The molecule has 2 aromatic heterocycles. The van der Waals surface area contributed by atoms with Crippen LogP contribution in [0.15, 0.2) is 207 Å². The van der Waals surface area contributed by atoms with Crippen LogP contribution in [-0.4, -0.2) is 9.97 Å². The Labute approximate surface area is 492 Å². The van der Waals surface area contributed by atoms with E-state index in [1.54, 1.807) is 0 Å². The van der Waals surface area contributed by atoms with E-state index >= 15 is 0 Å². The summed E-state index contributed by atoms with van der Waals surface area (Å²) in [7, 11) is 0. The lowest BCUT2D eigenvalue weighted by Crippen LogP contribution is -2.17. The van der Waals surface area contributed by atoms with Gasteiger partial charge in [-0.1, -0.05) is 217 Å². The molecule has 83 heavy (non-hydrogen) atoms. The zero-order valence-electron chi connectivity index (χ0n) is 50.2. The van der Waals surface area contributed by atoms with Crippen molar-refractivity contribution >= 4 is 58.4 Å². The fourth-order valence-electron chi connectivity index (χ4n) is 13.4. The molecular weight excluding hydrogens is 1000 g/mol. The molecule has 10 aromatic rings. The molecule has 0 radical (unpaired) electrons. The summed E-state index contributed by atoms with van der Waals surface area (Å²) >= 11 is 0. The number of nitrogens with zero attached hydrogens (tertiary/aromatic N) is 4. The molecule has 0 saturated heterocycles. The minimum atomic E-state index is -0.191. The molecule has 0 unspecified atom stereocenters. The number of anilines is 6. The summed E-state index contributed by atoms with van der Waals surface area (Å²) in [6.07, 6.45) is 16.7. The molecule has 4 heteroatoms. The van der Waals surface area contributed by atoms with E-state index in [2.05, 4.69) is 309 Å². The van der Waals surface area contributed by atoms with Gasteiger partial charge in [0.25, 0.3) is 0 Å². The molecule has 3 aliphatic carbocycles. The topological polar surface area (TPSA) is 32.3 Å². The van der Waals surface area contributed by atoms with Gasteiger partial charge in [-0.2, -0.15) is 0 Å². The highest BCUT2D eigenvalue weighted by Crippen LogP contribution is 2.54. The lowest BCUT2D eigenvalue weighted by molar-refractivity contribution is 0.590. The quantitative estimate of drug-likeness (QED) is 0.128. The molecule has 2 heterocycles. The van der Waals surface area contributed by atoms with Crippen LogP contribution in [0.4, 0.5) is 34.1 Å². The lowest BCUT2D eigenvalue weighted by atomic mass is 9.81. The molecule has 0 bridgehead atoms. The van der Waals surface area contributed by atoms with E-state index in [1.807, 2.05) is 24.8 Å². The van der Waals surface area contributed by atoms with Crippen LogP contribution in [0, 0.1) is 0 Å². The molecule has 0 amide bonds. The number of rotatable bonds is 10. The van der Waals surface area contributed by atoms with Gasteiger partial charge in [0.15, 0.2) is 0 Å². The number of fused-ring (bicyclic) bond motifs is 9. The van der Waals surface area contributed by atoms with E-state index in [9.17, 15) is 0 Å². The number of hydrogen-bond donors (Lipinski definition) is 0. The first-order chi connectivity index (χ1) is 39.6. The maximum atomic E-state index is 4.35. The van der Waals surface area contributed by atoms with E-state index in [0.717, 1.165) is 34.1 Å². The summed E-state index contributed by atoms with van der Waals surface area (Å²) < 4.78 is 0. The van der Waals surface area contributed by atoms with E-state index in [-0.39, 0.29) is 27.1 Å². The van der Waals surface area contributed by atoms with Gasteiger partial charge in [0.1, 0.15) is 0 Å². The standard InChI is InChI=1S/C79H74N4/c1-75(2,3)55-21-25-57(26-22-55)82(59-37-41-80-42-38-59)61-29-35-67-65-33-19-53(47-71(65)78(9,10)73(67)49-61)15-13-51-17-31-63-64-32-18-52(46-70(64)77(7,8)69(63)45-51)14-16-54-20-34-66-68-36-30-62(50-74(68)79(11,12)72(66)48-54)83(60-39-43-81-44-40-60)58-27-23-56(24-28-58)76(4,5)6/h13-50H,1-12H3/b15-13+,16-14+. The summed E-state index contributed by atoms with van der Waals surface area (Å²) in [5.74, 6) is 0. The number of hydrogen-bond acceptors (Lipinski definition) is 4. The molecule has 0 atom stereocenters. The van der Waals surface area contributed by atoms with Crippen molar-refractivity contribution in [2.45, 2.75) is 110 Å². The predicted octanol–water partition coefficient (Wildman–Crippen LogP) is 21.3. The van der Waals surface area contributed by atoms with E-state index < -0.39 is 0 Å². The highest BCUT2D eigenvalue weighted by molar-refractivity contribution is 5.90. The van der Waals surface area contributed by atoms with Gasteiger partial charge in [0.05, 0.1) is 0 Å². The maximum Gasteiger partial charge on any atom is 0.0492 e. The van der Waals surface area contributed by atoms with Crippen molar-refractivity contribution in [3.8, 4) is 33.4 Å². The second-order valence-corrected chi connectivity index (χ2v) is 26.9. The van der Waals surface area contributed by atoms with Gasteiger partial charge in [0.2, 0.25) is 0 Å². The molecule has 410 valence electrons. The van der Waals surface area contributed by atoms with Gasteiger partial charge in [-0.3, -0.25) is 9.97 Å². The molecule has 0 fully saturated rings. The van der Waals surface area contributed by atoms with Crippen LogP contribution in [0.2, 0.25) is 0 Å². The van der Waals surface area contributed by atoms with E-state index in [0.29, 0.717) is 0 Å². The largest absolute Gasteiger partial charge is 0.310 e. The summed E-state index contributed by atoms with van der Waals surface area (Å²) in [6, 6.07) is 68.5. The Balaban J connectivity index is 0.724. The SMILES string of the molecule is CC(C)(C)c1ccc(N(c2ccncc2)c2ccc3c(c2)C(C)(C)c2cc(/C=C/c4ccc5c(c4)C(C)(C)c4cc(/C=C/c6ccc7c(c6)C(C)(C)c6cc(N(c8ccncc8)c8ccc(C(C)(C)C)cc8)ccc6-7)ccc4-5)ccc2-3)cc1. The Morgan fingerprint density at radius 1 is 0.277 bits per heavy atom. The Morgan fingerprint density at radius 3 is 0.771 bits per heavy atom. The van der Waals surface area contributed by atoms with Crippen molar-refractivity contribution in [1.29, 1.82) is 0 Å². The van der Waals surface area contributed by atoms with E-state index in [4.69, 9.17) is 0 Å². The zero-order chi connectivity index (χ0) is 57.8. The average molecular weight is 1080 g/mol. The number of aromatic nitrogens is 2. The van der Waals surface area contributed by atoms with Crippen LogP contribution in [0.5, 0.6) is 0 Å². The van der Waals surface area contributed by atoms with Crippen LogP contribution in [0.1, 0.15) is 150 Å². The summed E-state index contributed by atoms with van der Waals surface area (Å²) in [5, 5.41) is 0. The fraction of sp³-hybridized carbons (Fsp3) is 0.215. The highest BCUT2D eigenvalue weighted by atomic mass is 15.1. The first-order valence-corrected chi connectivity index (χ1v) is 29.5. The Hall–Kier alpha value is -8.86. The first-order valence-electron chi connectivity index (χ1n) is 29.5. The second kappa shape index (κ2) is 19.7. The first kappa shape index (κ1) is 53.5. The van der Waals surface area contributed by atoms with Gasteiger partial charge in [-0.15, -0.1) is 0 Å². The molecule has 0 aliphatic heterocycles. The molecule has 13 rings (SSSR count). The third-order valence-corrected chi connectivity index (χ3v) is 18.4. The Bertz CT molecular complexity index is 3950. The maximum absolute atomic E-state index is 4.35. The molecule has 0 saturated carbocycles. The van der Waals surface area contributed by atoms with Crippen molar-refractivity contribution < 1.29 is 0 Å². The molecule has 8 aromatic carbocycles. The zero-order valence-corrected chi connectivity index (χ0v) is 50.2. The second-order valence-electron chi connectivity index (χ2n) is 26.9. The summed E-state index contributed by atoms with van der Waals surface area (Å²) in [6.45, 7) is 27.9. The van der Waals surface area contributed by atoms with Crippen molar-refractivity contribution in [3.63, 3.8) is 0 Å². The van der Waals surface area contributed by atoms with Gasteiger partial charge < -0.3 is 9.80 Å². The van der Waals surface area contributed by atoms with Gasteiger partial charge in [-0.05, 0) is 184 Å². The number of benzene rings is 8. The number of pyridine rings is 2. The normalized spacial score (nSPS) is 14.9. The molecule has 3 aliphatic rings. The van der Waals surface area contributed by atoms with E-state index in [1.165, 1.54) is 100 Å². The van der Waals surface area contributed by atoms with Crippen LogP contribution in [0.3, 0.4) is 0 Å². The van der Waals surface area contributed by atoms with Crippen LogP contribution in [0.25, 0.3) is 57.7 Å². The summed E-state index contributed by atoms with van der Waals surface area (Å²) in [5.41, 5.74) is 29.8. The van der Waals surface area contributed by atoms with Crippen molar-refractivity contribution in [3.05, 3.63) is 274 Å². The van der Waals surface area contributed by atoms with Crippen LogP contribution in [-0.2, 0) is 27.1 Å². The fourth-order valence-corrected chi connectivity index (χ4v) is 13.4. The third kappa shape index (κ3) is 9.33. The molecule has 0 N–H and O–H groups in total. The Kier molecular flexibility index (Phi) is 12.7. The minimum Gasteiger partial charge on any atom is -0.310 e. The van der Waals surface area contributed by atoms with Crippen LogP contribution >= 0.6 is 0 Å². The smallest absolute Gasteiger partial charge is 0.0492 e. The lowest BCUT2D eigenvalue weighted by Gasteiger charge is -2.28. The molecule has 0 spiro atoms. The van der Waals surface area contributed by atoms with Crippen LogP contribution < -0.4 is 9.80 Å². The predicted molar refractivity (Wildman–Crippen MR) is 352 cm³/mol. The van der Waals surface area contributed by atoms with Gasteiger partial charge in [0, 0.05) is 75.2 Å². The van der Waals surface area contributed by atoms with Crippen molar-refractivity contribution in [2.75, 3.05) is 9.80 Å². The van der Waals surface area contributed by atoms with Gasteiger partial charge in [-0.25, -0.2) is 0 Å². The minimum absolute atomic E-state index is 0.0768. The molecule has 4 nitrogen and oxygen atoms in total.